The van der Waals surface area contributed by atoms with Gasteiger partial charge in [0.15, 0.2) is 0 Å². The summed E-state index contributed by atoms with van der Waals surface area (Å²) in [4.78, 5) is 0. The molecule has 17 N–H and O–H groups in total. The summed E-state index contributed by atoms with van der Waals surface area (Å²) in [5.41, 5.74) is 0. The summed E-state index contributed by atoms with van der Waals surface area (Å²) in [7, 11) is 1.00. The molecule has 0 rings (SSSR count). The Hall–Kier alpha value is 0.960. The van der Waals surface area contributed by atoms with Crippen molar-refractivity contribution in [3.63, 3.8) is 0 Å². The molecule has 0 saturated carbocycles. The van der Waals surface area contributed by atoms with Gasteiger partial charge in [0.2, 0.25) is 0 Å². The maximum Gasteiger partial charge on any atom is 0.0319 e. The summed E-state index contributed by atoms with van der Waals surface area (Å²) >= 11 is 0. The summed E-state index contributed by atoms with van der Waals surface area (Å²) < 4.78 is 0. The molecule has 0 aliphatic rings. The average Bonchev–Trinajstić information content (AvgIpc) is 1.00. The average molecular weight is 246 g/mol. The van der Waals surface area contributed by atoms with Crippen molar-refractivity contribution in [2.24, 2.45) is 0 Å². The first-order chi connectivity index (χ1) is 1.00. The Morgan fingerprint density at radius 2 is 0.500 bits per heavy atom. The number of rotatable bonds is 0. The minimum absolute atomic E-state index is 0. The number of hydrogen-bond acceptors (Lipinski definition) is 1. The van der Waals surface area contributed by atoms with E-state index in [1.807, 2.05) is 0 Å². The van der Waals surface area contributed by atoms with Crippen LogP contribution >= 0.6 is 0 Å². The second kappa shape index (κ2) is 868. The lowest BCUT2D eigenvalue weighted by molar-refractivity contribution is -0.00100. The van der Waals surface area contributed by atoms with Crippen LogP contribution in [0.5, 0.6) is 0 Å². The molecule has 5 nitrogen and oxygen atoms in total. The highest BCUT2D eigenvalue weighted by Crippen LogP contribution is 0.755. The Kier molecular flexibility index (Phi) is 24600. The van der Waals surface area contributed by atoms with Gasteiger partial charge in [0, 0.05) is 7.11 Å². The minimum Gasteiger partial charge on any atom is -1.00 e. The van der Waals surface area contributed by atoms with E-state index in [-0.39, 0.29) is 74.2 Å². The summed E-state index contributed by atoms with van der Waals surface area (Å²) in [6.07, 6.45) is 0. The number of aliphatic hydroxyl groups is 1. The molecule has 0 atom stereocenters. The van der Waals surface area contributed by atoms with Crippen LogP contribution in [-0.2, 0) is 0 Å². The van der Waals surface area contributed by atoms with Gasteiger partial charge in [-0.2, -0.15) is 0 Å². The number of hydrogen-bond donors (Lipinski definition) is 5. The number of quaternary nitrogens is 4. The summed E-state index contributed by atoms with van der Waals surface area (Å²) in [5, 5.41) is 7.00. The molecule has 0 bridgehead atoms. The Balaban J connectivity index is -0.000000000179. The van der Waals surface area contributed by atoms with Crippen LogP contribution in [0.2, 0.25) is 0 Å². The Morgan fingerprint density at radius 1 is 0.500 bits per heavy atom. The van der Waals surface area contributed by atoms with E-state index >= 15 is 0 Å². The van der Waals surface area contributed by atoms with Crippen molar-refractivity contribution in [2.75, 3.05) is 7.11 Å². The molecular formula is CH20Cl4N4O. The fraction of sp³-hybridized carbons (Fsp3) is 1.00. The van der Waals surface area contributed by atoms with E-state index in [1.54, 1.807) is 0 Å². The Bertz CT molecular complexity index is 17.2. The van der Waals surface area contributed by atoms with E-state index in [4.69, 9.17) is 5.11 Å². The van der Waals surface area contributed by atoms with Gasteiger partial charge < -0.3 is 79.3 Å². The van der Waals surface area contributed by atoms with Crippen molar-refractivity contribution < 1.29 is 54.7 Å². The molecule has 0 radical (unpaired) electrons. The second-order valence-corrected chi connectivity index (χ2v) is 0. The molecular weight excluding hydrogens is 226 g/mol. The lowest BCUT2D eigenvalue weighted by Crippen LogP contribution is -3.00. The molecule has 9 heteroatoms. The molecule has 0 unspecified atom stereocenters. The predicted molar refractivity (Wildman–Crippen MR) is 32.1 cm³/mol. The standard InChI is InChI=1S/CH4O.4ClH.4H3N/c1-2;;;;;;;;/h2H,1H3;4*1H;4*1H3. The van der Waals surface area contributed by atoms with Crippen LogP contribution in [0.15, 0.2) is 0 Å². The SMILES string of the molecule is CO.[Cl-].[Cl-].[Cl-].[Cl-].[NH4+].[NH4+].[NH4+].[NH4+]. The molecule has 0 aliphatic heterocycles. The molecule has 0 aromatic heterocycles. The Morgan fingerprint density at radius 3 is 0.500 bits per heavy atom. The van der Waals surface area contributed by atoms with Crippen molar-refractivity contribution >= 4 is 0 Å². The smallest absolute Gasteiger partial charge is 0.0319 e. The fourth-order valence-electron chi connectivity index (χ4n) is 0. The summed E-state index contributed by atoms with van der Waals surface area (Å²) in [6, 6.07) is 0. The van der Waals surface area contributed by atoms with E-state index in [0.717, 1.165) is 7.11 Å². The van der Waals surface area contributed by atoms with Crippen LogP contribution in [0.25, 0.3) is 0 Å². The molecule has 0 aromatic rings. The van der Waals surface area contributed by atoms with Gasteiger partial charge >= 0.3 is 0 Å². The van der Waals surface area contributed by atoms with Crippen LogP contribution in [0, 0.1) is 0 Å². The van der Waals surface area contributed by atoms with Gasteiger partial charge in [-0.1, -0.05) is 0 Å². The van der Waals surface area contributed by atoms with Gasteiger partial charge in [0.05, 0.1) is 0 Å². The monoisotopic (exact) mass is 244 g/mol. The lowest BCUT2D eigenvalue weighted by atomic mass is 11.8. The quantitative estimate of drug-likeness (QED) is 0.281. The van der Waals surface area contributed by atoms with E-state index < -0.39 is 0 Å². The first-order valence-electron chi connectivity index (χ1n) is 0.447. The van der Waals surface area contributed by atoms with Crippen LogP contribution in [0.4, 0.5) is 0 Å². The topological polar surface area (TPSA) is 166 Å². The van der Waals surface area contributed by atoms with Crippen molar-refractivity contribution in [3.8, 4) is 0 Å². The van der Waals surface area contributed by atoms with Gasteiger partial charge in [-0.15, -0.1) is 0 Å². The number of aliphatic hydroxyl groups excluding tert-OH is 1. The van der Waals surface area contributed by atoms with E-state index in [1.165, 1.54) is 0 Å². The zero-order valence-corrected chi connectivity index (χ0v) is 9.98. The second-order valence-electron chi connectivity index (χ2n) is 0. The van der Waals surface area contributed by atoms with Gasteiger partial charge in [-0.25, -0.2) is 0 Å². The van der Waals surface area contributed by atoms with Crippen molar-refractivity contribution in [3.05, 3.63) is 0 Å². The van der Waals surface area contributed by atoms with Crippen LogP contribution < -0.4 is 74.2 Å². The predicted octanol–water partition coefficient (Wildman–Crippen LogP) is -10.9. The fourth-order valence-corrected chi connectivity index (χ4v) is 0. The Labute approximate surface area is 86.7 Å². The van der Waals surface area contributed by atoms with Crippen molar-refractivity contribution in [2.45, 2.75) is 0 Å². The molecule has 10 heavy (non-hydrogen) atoms. The lowest BCUT2D eigenvalue weighted by Gasteiger charge is -1.21. The molecule has 78 valence electrons. The zero-order chi connectivity index (χ0) is 2.00. The maximum atomic E-state index is 7.00. The summed E-state index contributed by atoms with van der Waals surface area (Å²) in [6.45, 7) is 0. The van der Waals surface area contributed by atoms with Crippen LogP contribution in [-0.4, -0.2) is 12.2 Å². The molecule has 0 heterocycles. The van der Waals surface area contributed by atoms with Gasteiger partial charge in [0.1, 0.15) is 0 Å². The van der Waals surface area contributed by atoms with E-state index in [9.17, 15) is 0 Å². The molecule has 0 saturated heterocycles. The van der Waals surface area contributed by atoms with Crippen LogP contribution in [0.1, 0.15) is 0 Å². The molecule has 0 amide bonds. The molecule has 0 aliphatic carbocycles. The molecule has 0 aromatic carbocycles. The highest BCUT2D eigenvalue weighted by molar-refractivity contribution is 3.18. The third-order valence-electron chi connectivity index (χ3n) is 0. The van der Waals surface area contributed by atoms with Gasteiger partial charge in [0.25, 0.3) is 0 Å². The highest BCUT2D eigenvalue weighted by atomic mass is 35.5. The third kappa shape index (κ3) is 616. The van der Waals surface area contributed by atoms with Crippen LogP contribution in [0.3, 0.4) is 0 Å². The van der Waals surface area contributed by atoms with E-state index in [2.05, 4.69) is 0 Å². The van der Waals surface area contributed by atoms with E-state index in [0.29, 0.717) is 0 Å². The first kappa shape index (κ1) is 283. The molecule has 0 spiro atoms. The van der Waals surface area contributed by atoms with Crippen molar-refractivity contribution in [1.29, 1.82) is 0 Å². The first-order valence-corrected chi connectivity index (χ1v) is 0.447. The normalized spacial score (nSPS) is 0.600. The minimum atomic E-state index is 0. The summed E-state index contributed by atoms with van der Waals surface area (Å²) in [5.74, 6) is 0. The maximum absolute atomic E-state index is 7.00. The molecule has 0 fully saturated rings. The zero-order valence-electron chi connectivity index (χ0n) is 6.96. The van der Waals surface area contributed by atoms with Gasteiger partial charge in [-0.05, 0) is 0 Å². The largest absolute Gasteiger partial charge is 1.00 e. The highest BCUT2D eigenvalue weighted by Gasteiger charge is 0.839. The number of halogens is 4. The van der Waals surface area contributed by atoms with Crippen molar-refractivity contribution in [1.82, 2.24) is 24.6 Å². The third-order valence-corrected chi connectivity index (χ3v) is 0. The van der Waals surface area contributed by atoms with Gasteiger partial charge in [-0.3, -0.25) is 0 Å².